The molecule has 0 bridgehead atoms. The first-order chi connectivity index (χ1) is 12.1. The van der Waals surface area contributed by atoms with Crippen LogP contribution in [0, 0.1) is 12.3 Å². The van der Waals surface area contributed by atoms with E-state index in [2.05, 4.69) is 19.1 Å². The minimum atomic E-state index is -0.525. The van der Waals surface area contributed by atoms with Gasteiger partial charge in [0.2, 0.25) is 0 Å². The highest BCUT2D eigenvalue weighted by atomic mass is 16.8. The first-order valence-electron chi connectivity index (χ1n) is 9.57. The number of hydrogen-bond donors (Lipinski definition) is 0. The Morgan fingerprint density at radius 2 is 1.52 bits per heavy atom. The molecule has 136 valence electrons. The molecule has 2 heterocycles. The van der Waals surface area contributed by atoms with Crippen molar-refractivity contribution in [1.29, 1.82) is 0 Å². The van der Waals surface area contributed by atoms with E-state index in [1.54, 1.807) is 0 Å². The summed E-state index contributed by atoms with van der Waals surface area (Å²) in [7, 11) is 0. The Morgan fingerprint density at radius 1 is 0.960 bits per heavy atom. The molecule has 25 heavy (non-hydrogen) atoms. The Kier molecular flexibility index (Phi) is 4.54. The third-order valence-corrected chi connectivity index (χ3v) is 6.03. The summed E-state index contributed by atoms with van der Waals surface area (Å²) in [5, 5.41) is 0. The molecule has 0 radical (unpaired) electrons. The Labute approximate surface area is 150 Å². The standard InChI is InChI=1S/C21H28O4/c1-4-10-17-19(25-21(23-17)13-8-9-14-21)15(3)18-16(5-2)22-20(24-18)11-6-7-12-20/h2,4,16-19H,1,3,6-14H2/t16-,17-,18-,19-/m1/s1. The second-order valence-electron chi connectivity index (χ2n) is 7.77. The SMILES string of the molecule is C#C[C@H]1OC2(CCCC2)O[C@@H]1C(=C)[C@H]1OC2(CCCC2)O[C@@H]1CC=C. The number of terminal acetylenes is 1. The maximum Gasteiger partial charge on any atom is 0.171 e. The van der Waals surface area contributed by atoms with E-state index in [1.165, 1.54) is 0 Å². The van der Waals surface area contributed by atoms with Crippen molar-refractivity contribution in [3.05, 3.63) is 24.8 Å². The predicted molar refractivity (Wildman–Crippen MR) is 94.7 cm³/mol. The minimum Gasteiger partial charge on any atom is -0.343 e. The van der Waals surface area contributed by atoms with Gasteiger partial charge in [-0.25, -0.2) is 0 Å². The van der Waals surface area contributed by atoms with Crippen LogP contribution in [0.25, 0.3) is 0 Å². The van der Waals surface area contributed by atoms with Crippen molar-refractivity contribution < 1.29 is 18.9 Å². The second kappa shape index (κ2) is 6.55. The lowest BCUT2D eigenvalue weighted by atomic mass is 9.96. The van der Waals surface area contributed by atoms with E-state index < -0.39 is 17.7 Å². The van der Waals surface area contributed by atoms with Crippen molar-refractivity contribution in [2.75, 3.05) is 0 Å². The van der Waals surface area contributed by atoms with E-state index in [0.29, 0.717) is 0 Å². The Balaban J connectivity index is 1.54. The summed E-state index contributed by atoms with van der Waals surface area (Å²) >= 11 is 0. The molecule has 0 aromatic heterocycles. The van der Waals surface area contributed by atoms with Crippen LogP contribution in [0.1, 0.15) is 57.8 Å². The second-order valence-corrected chi connectivity index (χ2v) is 7.77. The molecule has 4 nitrogen and oxygen atoms in total. The normalized spacial score (nSPS) is 38.4. The quantitative estimate of drug-likeness (QED) is 0.573. The van der Waals surface area contributed by atoms with Crippen LogP contribution in [-0.4, -0.2) is 36.0 Å². The lowest BCUT2D eigenvalue weighted by molar-refractivity contribution is -0.171. The van der Waals surface area contributed by atoms with E-state index in [1.807, 2.05) is 6.08 Å². The fraction of sp³-hybridized carbons (Fsp3) is 0.714. The topological polar surface area (TPSA) is 36.9 Å². The van der Waals surface area contributed by atoms with Crippen molar-refractivity contribution in [2.45, 2.75) is 93.8 Å². The molecule has 4 heteroatoms. The summed E-state index contributed by atoms with van der Waals surface area (Å²) in [5.74, 6) is 1.77. The third-order valence-electron chi connectivity index (χ3n) is 6.03. The van der Waals surface area contributed by atoms with E-state index in [0.717, 1.165) is 63.4 Å². The molecule has 0 aromatic carbocycles. The molecule has 0 amide bonds. The molecular weight excluding hydrogens is 316 g/mol. The summed E-state index contributed by atoms with van der Waals surface area (Å²) in [6.07, 6.45) is 15.5. The molecule has 0 aromatic rings. The molecule has 2 aliphatic carbocycles. The van der Waals surface area contributed by atoms with Crippen LogP contribution in [-0.2, 0) is 18.9 Å². The molecule has 2 saturated heterocycles. The molecule has 2 spiro atoms. The summed E-state index contributed by atoms with van der Waals surface area (Å²) in [6, 6.07) is 0. The first-order valence-corrected chi connectivity index (χ1v) is 9.57. The largest absolute Gasteiger partial charge is 0.343 e. The monoisotopic (exact) mass is 344 g/mol. The fourth-order valence-corrected chi connectivity index (χ4v) is 4.79. The Morgan fingerprint density at radius 3 is 2.08 bits per heavy atom. The first kappa shape index (κ1) is 17.3. The molecule has 4 fully saturated rings. The molecule has 0 N–H and O–H groups in total. The van der Waals surface area contributed by atoms with Gasteiger partial charge in [0.15, 0.2) is 17.7 Å². The number of ether oxygens (including phenoxy) is 4. The van der Waals surface area contributed by atoms with Gasteiger partial charge < -0.3 is 18.9 Å². The van der Waals surface area contributed by atoms with Crippen molar-refractivity contribution in [1.82, 2.24) is 0 Å². The van der Waals surface area contributed by atoms with E-state index in [4.69, 9.17) is 25.4 Å². The summed E-state index contributed by atoms with van der Waals surface area (Å²) in [4.78, 5) is 0. The van der Waals surface area contributed by atoms with Gasteiger partial charge in [-0.05, 0) is 37.7 Å². The average Bonchev–Trinajstić information content (AvgIpc) is 3.38. The molecule has 4 atom stereocenters. The van der Waals surface area contributed by atoms with Crippen LogP contribution in [0.15, 0.2) is 24.8 Å². The lowest BCUT2D eigenvalue weighted by Gasteiger charge is -2.26. The zero-order valence-corrected chi connectivity index (χ0v) is 14.9. The molecular formula is C21H28O4. The van der Waals surface area contributed by atoms with Crippen LogP contribution in [0.5, 0.6) is 0 Å². The van der Waals surface area contributed by atoms with Gasteiger partial charge in [0.05, 0.1) is 6.10 Å². The third kappa shape index (κ3) is 2.98. The van der Waals surface area contributed by atoms with Crippen molar-refractivity contribution in [3.63, 3.8) is 0 Å². The van der Waals surface area contributed by atoms with Gasteiger partial charge in [0, 0.05) is 25.7 Å². The summed E-state index contributed by atoms with van der Waals surface area (Å²) in [6.45, 7) is 8.18. The number of hydrogen-bond acceptors (Lipinski definition) is 4. The average molecular weight is 344 g/mol. The molecule has 0 unspecified atom stereocenters. The number of rotatable bonds is 4. The van der Waals surface area contributed by atoms with Gasteiger partial charge in [-0.3, -0.25) is 0 Å². The van der Waals surface area contributed by atoms with Crippen LogP contribution < -0.4 is 0 Å². The van der Waals surface area contributed by atoms with E-state index >= 15 is 0 Å². The molecule has 2 saturated carbocycles. The maximum absolute atomic E-state index is 6.42. The van der Waals surface area contributed by atoms with Crippen molar-refractivity contribution in [2.24, 2.45) is 0 Å². The highest BCUT2D eigenvalue weighted by molar-refractivity contribution is 5.23. The highest BCUT2D eigenvalue weighted by Crippen LogP contribution is 2.48. The molecule has 2 aliphatic heterocycles. The Hall–Kier alpha value is -1.12. The van der Waals surface area contributed by atoms with Gasteiger partial charge in [-0.15, -0.1) is 13.0 Å². The van der Waals surface area contributed by atoms with Gasteiger partial charge in [-0.1, -0.05) is 18.6 Å². The molecule has 4 rings (SSSR count). The van der Waals surface area contributed by atoms with E-state index in [9.17, 15) is 0 Å². The van der Waals surface area contributed by atoms with E-state index in [-0.39, 0.29) is 18.3 Å². The van der Waals surface area contributed by atoms with Crippen molar-refractivity contribution >= 4 is 0 Å². The smallest absolute Gasteiger partial charge is 0.171 e. The van der Waals surface area contributed by atoms with Crippen molar-refractivity contribution in [3.8, 4) is 12.3 Å². The minimum absolute atomic E-state index is 0.0785. The van der Waals surface area contributed by atoms with Crippen LogP contribution in [0.4, 0.5) is 0 Å². The van der Waals surface area contributed by atoms with Gasteiger partial charge in [-0.2, -0.15) is 0 Å². The van der Waals surface area contributed by atoms with Gasteiger partial charge in [0.25, 0.3) is 0 Å². The van der Waals surface area contributed by atoms with Crippen LogP contribution >= 0.6 is 0 Å². The summed E-state index contributed by atoms with van der Waals surface area (Å²) < 4.78 is 25.2. The van der Waals surface area contributed by atoms with Crippen LogP contribution in [0.2, 0.25) is 0 Å². The zero-order chi connectivity index (χ0) is 17.5. The fourth-order valence-electron chi connectivity index (χ4n) is 4.79. The zero-order valence-electron chi connectivity index (χ0n) is 14.9. The van der Waals surface area contributed by atoms with Gasteiger partial charge >= 0.3 is 0 Å². The molecule has 4 aliphatic rings. The maximum atomic E-state index is 6.42. The lowest BCUT2D eigenvalue weighted by Crippen LogP contribution is -2.35. The van der Waals surface area contributed by atoms with Gasteiger partial charge in [0.1, 0.15) is 12.2 Å². The predicted octanol–water partition coefficient (Wildman–Crippen LogP) is 3.86. The summed E-state index contributed by atoms with van der Waals surface area (Å²) in [5.41, 5.74) is 0.849. The highest BCUT2D eigenvalue weighted by Gasteiger charge is 2.55. The Bertz CT molecular complexity index is 577. The van der Waals surface area contributed by atoms with Crippen LogP contribution in [0.3, 0.4) is 0 Å².